The third-order valence-electron chi connectivity index (χ3n) is 7.30. The van der Waals surface area contributed by atoms with Gasteiger partial charge in [-0.25, -0.2) is 0 Å². The molecule has 0 unspecified atom stereocenters. The van der Waals surface area contributed by atoms with E-state index in [2.05, 4.69) is 22.1 Å². The monoisotopic (exact) mass is 493 g/mol. The molecule has 184 valence electrons. The summed E-state index contributed by atoms with van der Waals surface area (Å²) in [6.45, 7) is 3.57. The van der Waals surface area contributed by atoms with E-state index in [4.69, 9.17) is 9.47 Å². The summed E-state index contributed by atoms with van der Waals surface area (Å²) in [5.41, 5.74) is 5.07. The molecule has 1 aromatic carbocycles. The molecule has 0 bridgehead atoms. The second kappa shape index (κ2) is 9.41. The topological polar surface area (TPSA) is 64.0 Å². The molecule has 0 aliphatic carbocycles. The number of likely N-dealkylation sites (tertiary alicyclic amines) is 1. The van der Waals surface area contributed by atoms with Gasteiger partial charge in [-0.1, -0.05) is 6.07 Å². The second-order valence-electron chi connectivity index (χ2n) is 9.21. The zero-order valence-corrected chi connectivity index (χ0v) is 21.5. The van der Waals surface area contributed by atoms with Crippen LogP contribution in [-0.4, -0.2) is 66.6 Å². The first-order valence-corrected chi connectivity index (χ1v) is 12.9. The standard InChI is InChI=1S/C27H31N3O4S/c1-17(31)28(2)19-7-5-10-29(16-19)27(32)22-14-21(25-8-6-12-35-25)26-20-15-24(34-4)23(33-3)13-18(20)9-11-30(22)26/h6,8,12-15,19H,5,7,9-11,16H2,1-4H3/t19-/m1/s1. The van der Waals surface area contributed by atoms with Crippen LogP contribution in [0.3, 0.4) is 0 Å². The Morgan fingerprint density at radius 1 is 1.09 bits per heavy atom. The molecule has 1 saturated heterocycles. The highest BCUT2D eigenvalue weighted by molar-refractivity contribution is 7.13. The van der Waals surface area contributed by atoms with Crippen molar-refractivity contribution in [1.29, 1.82) is 0 Å². The summed E-state index contributed by atoms with van der Waals surface area (Å²) >= 11 is 1.67. The van der Waals surface area contributed by atoms with Crippen LogP contribution in [0.1, 0.15) is 35.8 Å². The number of thiophene rings is 1. The van der Waals surface area contributed by atoms with Crippen LogP contribution in [0.2, 0.25) is 0 Å². The number of carbonyl (C=O) groups excluding carboxylic acids is 2. The van der Waals surface area contributed by atoms with E-state index in [9.17, 15) is 9.59 Å². The minimum absolute atomic E-state index is 0.0274. The fourth-order valence-electron chi connectivity index (χ4n) is 5.32. The molecule has 0 spiro atoms. The number of nitrogens with zero attached hydrogens (tertiary/aromatic N) is 3. The highest BCUT2D eigenvalue weighted by atomic mass is 32.1. The Kier molecular flexibility index (Phi) is 6.32. The molecule has 2 amide bonds. The lowest BCUT2D eigenvalue weighted by molar-refractivity contribution is -0.130. The van der Waals surface area contributed by atoms with Gasteiger partial charge in [-0.2, -0.15) is 0 Å². The van der Waals surface area contributed by atoms with Crippen LogP contribution in [0.25, 0.3) is 21.7 Å². The number of fused-ring (bicyclic) bond motifs is 3. The number of aryl methyl sites for hydroxylation is 1. The highest BCUT2D eigenvalue weighted by Gasteiger charge is 2.33. The lowest BCUT2D eigenvalue weighted by Crippen LogP contribution is -2.50. The average molecular weight is 494 g/mol. The fourth-order valence-corrected chi connectivity index (χ4v) is 6.07. The van der Waals surface area contributed by atoms with Crippen LogP contribution in [0.5, 0.6) is 11.5 Å². The van der Waals surface area contributed by atoms with Crippen molar-refractivity contribution in [3.63, 3.8) is 0 Å². The van der Waals surface area contributed by atoms with E-state index < -0.39 is 0 Å². The van der Waals surface area contributed by atoms with E-state index in [0.29, 0.717) is 30.3 Å². The summed E-state index contributed by atoms with van der Waals surface area (Å²) in [5, 5.41) is 2.06. The normalized spacial score (nSPS) is 16.9. The maximum Gasteiger partial charge on any atom is 0.270 e. The van der Waals surface area contributed by atoms with E-state index in [1.54, 1.807) is 37.4 Å². The van der Waals surface area contributed by atoms with Crippen molar-refractivity contribution in [3.05, 3.63) is 47.0 Å². The number of aromatic nitrogens is 1. The lowest BCUT2D eigenvalue weighted by Gasteiger charge is -2.37. The Balaban J connectivity index is 1.59. The van der Waals surface area contributed by atoms with Crippen LogP contribution in [0.4, 0.5) is 0 Å². The molecule has 5 rings (SSSR count). The van der Waals surface area contributed by atoms with Gasteiger partial charge in [0.15, 0.2) is 11.5 Å². The van der Waals surface area contributed by atoms with Crippen LogP contribution >= 0.6 is 11.3 Å². The van der Waals surface area contributed by atoms with E-state index >= 15 is 0 Å². The highest BCUT2D eigenvalue weighted by Crippen LogP contribution is 2.45. The largest absolute Gasteiger partial charge is 0.493 e. The van der Waals surface area contributed by atoms with Gasteiger partial charge in [-0.15, -0.1) is 11.3 Å². The van der Waals surface area contributed by atoms with Gasteiger partial charge in [-0.05, 0) is 54.5 Å². The lowest BCUT2D eigenvalue weighted by atomic mass is 9.95. The Hall–Kier alpha value is -3.26. The first kappa shape index (κ1) is 23.5. The van der Waals surface area contributed by atoms with E-state index in [1.807, 2.05) is 30.1 Å². The molecule has 35 heavy (non-hydrogen) atoms. The summed E-state index contributed by atoms with van der Waals surface area (Å²) in [5.74, 6) is 1.45. The summed E-state index contributed by atoms with van der Waals surface area (Å²) < 4.78 is 13.3. The predicted molar refractivity (Wildman–Crippen MR) is 137 cm³/mol. The van der Waals surface area contributed by atoms with Crippen molar-refractivity contribution in [1.82, 2.24) is 14.4 Å². The first-order chi connectivity index (χ1) is 16.9. The maximum absolute atomic E-state index is 13.9. The predicted octanol–water partition coefficient (Wildman–Crippen LogP) is 4.54. The van der Waals surface area contributed by atoms with Gasteiger partial charge >= 0.3 is 0 Å². The summed E-state index contributed by atoms with van der Waals surface area (Å²) in [6, 6.07) is 10.3. The zero-order chi connectivity index (χ0) is 24.7. The number of methoxy groups -OCH3 is 2. The molecular weight excluding hydrogens is 462 g/mol. The van der Waals surface area contributed by atoms with E-state index in [-0.39, 0.29) is 17.9 Å². The van der Waals surface area contributed by atoms with Crippen molar-refractivity contribution < 1.29 is 19.1 Å². The molecule has 4 heterocycles. The molecule has 2 aliphatic rings. The Labute approximate surface area is 209 Å². The van der Waals surface area contributed by atoms with Crippen molar-refractivity contribution in [2.24, 2.45) is 0 Å². The fraction of sp³-hybridized carbons (Fsp3) is 0.407. The first-order valence-electron chi connectivity index (χ1n) is 12.0. The molecule has 2 aliphatic heterocycles. The van der Waals surface area contributed by atoms with Gasteiger partial charge in [0, 0.05) is 55.7 Å². The number of amides is 2. The molecule has 0 radical (unpaired) electrons. The number of hydrogen-bond donors (Lipinski definition) is 0. The number of piperidine rings is 1. The van der Waals surface area contributed by atoms with Crippen molar-refractivity contribution >= 4 is 23.2 Å². The van der Waals surface area contributed by atoms with Gasteiger partial charge in [0.25, 0.3) is 5.91 Å². The smallest absolute Gasteiger partial charge is 0.270 e. The third-order valence-corrected chi connectivity index (χ3v) is 8.20. The maximum atomic E-state index is 13.9. The Morgan fingerprint density at radius 2 is 1.86 bits per heavy atom. The SMILES string of the molecule is COc1cc2c(cc1OC)-c1c(-c3cccs3)cc(C(=O)N3CCC[C@@H](N(C)C(C)=O)C3)n1CC2. The van der Waals surface area contributed by atoms with Gasteiger partial charge in [0.2, 0.25) is 5.91 Å². The number of ether oxygens (including phenoxy) is 2. The molecular formula is C27H31N3O4S. The Bertz CT molecular complexity index is 1260. The quantitative estimate of drug-likeness (QED) is 0.524. The molecule has 8 heteroatoms. The number of rotatable bonds is 5. The van der Waals surface area contributed by atoms with E-state index in [0.717, 1.165) is 47.5 Å². The average Bonchev–Trinajstić information content (AvgIpc) is 3.55. The van der Waals surface area contributed by atoms with Gasteiger partial charge in [0.1, 0.15) is 5.69 Å². The summed E-state index contributed by atoms with van der Waals surface area (Å²) in [4.78, 5) is 30.6. The number of carbonyl (C=O) groups is 2. The third kappa shape index (κ3) is 4.10. The van der Waals surface area contributed by atoms with Crippen molar-refractivity contribution in [2.45, 2.75) is 38.8 Å². The summed E-state index contributed by atoms with van der Waals surface area (Å²) in [7, 11) is 5.12. The minimum Gasteiger partial charge on any atom is -0.493 e. The molecule has 1 atom stereocenters. The van der Waals surface area contributed by atoms with Crippen molar-refractivity contribution in [2.75, 3.05) is 34.4 Å². The van der Waals surface area contributed by atoms with Crippen molar-refractivity contribution in [3.8, 4) is 33.2 Å². The zero-order valence-electron chi connectivity index (χ0n) is 20.7. The minimum atomic E-state index is 0.0274. The van der Waals surface area contributed by atoms with Gasteiger partial charge in [-0.3, -0.25) is 9.59 Å². The number of hydrogen-bond acceptors (Lipinski definition) is 5. The van der Waals surface area contributed by atoms with Gasteiger partial charge < -0.3 is 23.8 Å². The molecule has 3 aromatic rings. The summed E-state index contributed by atoms with van der Waals surface area (Å²) in [6.07, 6.45) is 2.61. The van der Waals surface area contributed by atoms with Crippen LogP contribution < -0.4 is 9.47 Å². The van der Waals surface area contributed by atoms with Gasteiger partial charge in [0.05, 0.1) is 19.9 Å². The van der Waals surface area contributed by atoms with Crippen LogP contribution in [0.15, 0.2) is 35.7 Å². The molecule has 7 nitrogen and oxygen atoms in total. The molecule has 0 N–H and O–H groups in total. The number of likely N-dealkylation sites (N-methyl/N-ethyl adjacent to an activating group) is 1. The van der Waals surface area contributed by atoms with E-state index in [1.165, 1.54) is 5.56 Å². The molecule has 1 fully saturated rings. The van der Waals surface area contributed by atoms with Crippen LogP contribution in [0, 0.1) is 0 Å². The second-order valence-corrected chi connectivity index (χ2v) is 10.2. The van der Waals surface area contributed by atoms with Crippen LogP contribution in [-0.2, 0) is 17.8 Å². The molecule has 0 saturated carbocycles. The Morgan fingerprint density at radius 3 is 2.54 bits per heavy atom. The number of benzene rings is 1. The molecule has 2 aromatic heterocycles.